The molecule has 0 aliphatic rings. The molecular weight excluding hydrogens is 384 g/mol. The average molecular weight is 397 g/mol. The van der Waals surface area contributed by atoms with Crippen LogP contribution in [-0.4, -0.2) is 21.8 Å². The molecular formula is C18H13BrN4O2. The van der Waals surface area contributed by atoms with Crippen molar-refractivity contribution in [1.82, 2.24) is 20.8 Å². The molecule has 1 aromatic heterocycles. The zero-order chi connectivity index (χ0) is 17.6. The largest absolute Gasteiger partial charge is 0.272 e. The third-order valence-corrected chi connectivity index (χ3v) is 4.05. The van der Waals surface area contributed by atoms with E-state index in [9.17, 15) is 9.59 Å². The molecule has 6 nitrogen and oxygen atoms in total. The lowest BCUT2D eigenvalue weighted by molar-refractivity contribution is 0.0846. The van der Waals surface area contributed by atoms with Gasteiger partial charge >= 0.3 is 0 Å². The molecule has 0 aliphatic carbocycles. The van der Waals surface area contributed by atoms with Gasteiger partial charge in [0.1, 0.15) is 0 Å². The quantitative estimate of drug-likeness (QED) is 0.666. The van der Waals surface area contributed by atoms with Crippen LogP contribution in [0.15, 0.2) is 71.5 Å². The van der Waals surface area contributed by atoms with Crippen LogP contribution in [0.2, 0.25) is 0 Å². The standard InChI is InChI=1S/C18H13BrN4O2/c19-15-9-5-4-8-14(15)18(25)23-22-17(24)13-10-20-16(21-11-13)12-6-2-1-3-7-12/h1-11H,(H,22,24)(H,23,25). The van der Waals surface area contributed by atoms with E-state index < -0.39 is 11.8 Å². The number of aromatic nitrogens is 2. The second-order valence-electron chi connectivity index (χ2n) is 5.05. The monoisotopic (exact) mass is 396 g/mol. The molecule has 0 atom stereocenters. The third kappa shape index (κ3) is 4.07. The molecule has 2 aromatic carbocycles. The molecule has 0 radical (unpaired) electrons. The van der Waals surface area contributed by atoms with Crippen LogP contribution < -0.4 is 10.9 Å². The minimum Gasteiger partial charge on any atom is -0.267 e. The van der Waals surface area contributed by atoms with E-state index in [-0.39, 0.29) is 5.56 Å². The molecule has 0 saturated carbocycles. The Morgan fingerprint density at radius 2 is 1.40 bits per heavy atom. The van der Waals surface area contributed by atoms with Crippen LogP contribution >= 0.6 is 15.9 Å². The van der Waals surface area contributed by atoms with Gasteiger partial charge in [0.2, 0.25) is 0 Å². The Morgan fingerprint density at radius 1 is 0.800 bits per heavy atom. The van der Waals surface area contributed by atoms with Crippen LogP contribution in [0.3, 0.4) is 0 Å². The molecule has 1 heterocycles. The number of hydrazine groups is 1. The summed E-state index contributed by atoms with van der Waals surface area (Å²) in [6.45, 7) is 0. The van der Waals surface area contributed by atoms with Crippen LogP contribution in [0.1, 0.15) is 20.7 Å². The minimum absolute atomic E-state index is 0.243. The van der Waals surface area contributed by atoms with E-state index in [2.05, 4.69) is 36.7 Å². The van der Waals surface area contributed by atoms with Gasteiger partial charge in [-0.2, -0.15) is 0 Å². The Morgan fingerprint density at radius 3 is 2.08 bits per heavy atom. The van der Waals surface area contributed by atoms with Crippen molar-refractivity contribution < 1.29 is 9.59 Å². The molecule has 2 amide bonds. The van der Waals surface area contributed by atoms with E-state index in [0.29, 0.717) is 15.9 Å². The van der Waals surface area contributed by atoms with Crippen molar-refractivity contribution in [1.29, 1.82) is 0 Å². The zero-order valence-electron chi connectivity index (χ0n) is 12.9. The van der Waals surface area contributed by atoms with Crippen molar-refractivity contribution in [2.45, 2.75) is 0 Å². The van der Waals surface area contributed by atoms with Crippen molar-refractivity contribution in [3.8, 4) is 11.4 Å². The molecule has 0 aliphatic heterocycles. The summed E-state index contributed by atoms with van der Waals surface area (Å²) in [4.78, 5) is 32.5. The molecule has 3 rings (SSSR count). The first-order valence-electron chi connectivity index (χ1n) is 7.38. The van der Waals surface area contributed by atoms with Gasteiger partial charge in [-0.15, -0.1) is 0 Å². The lowest BCUT2D eigenvalue weighted by Crippen LogP contribution is -2.41. The molecule has 0 bridgehead atoms. The molecule has 3 aromatic rings. The Hall–Kier alpha value is -3.06. The number of hydrogen-bond donors (Lipinski definition) is 2. The topological polar surface area (TPSA) is 84.0 Å². The average Bonchev–Trinajstić information content (AvgIpc) is 2.67. The molecule has 0 fully saturated rings. The Balaban J connectivity index is 1.64. The maximum atomic E-state index is 12.1. The van der Waals surface area contributed by atoms with Gasteiger partial charge in [-0.3, -0.25) is 20.4 Å². The predicted molar refractivity (Wildman–Crippen MR) is 96.5 cm³/mol. The predicted octanol–water partition coefficient (Wildman–Crippen LogP) is 2.98. The smallest absolute Gasteiger partial charge is 0.267 e. The number of hydrogen-bond acceptors (Lipinski definition) is 4. The summed E-state index contributed by atoms with van der Waals surface area (Å²) >= 11 is 3.29. The van der Waals surface area contributed by atoms with Gasteiger partial charge in [0.05, 0.1) is 11.1 Å². The van der Waals surface area contributed by atoms with Gasteiger partial charge < -0.3 is 0 Å². The van der Waals surface area contributed by atoms with Crippen LogP contribution in [0.25, 0.3) is 11.4 Å². The molecule has 25 heavy (non-hydrogen) atoms. The first kappa shape index (κ1) is 16.8. The summed E-state index contributed by atoms with van der Waals surface area (Å²) in [6, 6.07) is 16.4. The van der Waals surface area contributed by atoms with Crippen molar-refractivity contribution >= 4 is 27.7 Å². The van der Waals surface area contributed by atoms with Gasteiger partial charge in [-0.05, 0) is 28.1 Å². The van der Waals surface area contributed by atoms with E-state index in [1.54, 1.807) is 24.3 Å². The minimum atomic E-state index is -0.500. The van der Waals surface area contributed by atoms with Gasteiger partial charge in [0.15, 0.2) is 5.82 Å². The van der Waals surface area contributed by atoms with Gasteiger partial charge in [0.25, 0.3) is 11.8 Å². The lowest BCUT2D eigenvalue weighted by Gasteiger charge is -2.08. The summed E-state index contributed by atoms with van der Waals surface area (Å²) < 4.78 is 0.636. The summed E-state index contributed by atoms with van der Waals surface area (Å²) in [5.74, 6) is -0.405. The molecule has 124 valence electrons. The first-order valence-corrected chi connectivity index (χ1v) is 8.17. The number of carbonyl (C=O) groups is 2. The highest BCUT2D eigenvalue weighted by Crippen LogP contribution is 2.15. The van der Waals surface area contributed by atoms with Gasteiger partial charge in [-0.1, -0.05) is 42.5 Å². The number of carbonyl (C=O) groups excluding carboxylic acids is 2. The zero-order valence-corrected chi connectivity index (χ0v) is 14.5. The van der Waals surface area contributed by atoms with Crippen molar-refractivity contribution in [2.24, 2.45) is 0 Å². The Labute approximate surface area is 152 Å². The van der Waals surface area contributed by atoms with E-state index in [4.69, 9.17) is 0 Å². The SMILES string of the molecule is O=C(NNC(=O)c1ccccc1Br)c1cnc(-c2ccccc2)nc1. The summed E-state index contributed by atoms with van der Waals surface area (Å²) in [5, 5.41) is 0. The fourth-order valence-electron chi connectivity index (χ4n) is 2.08. The van der Waals surface area contributed by atoms with Crippen LogP contribution in [0, 0.1) is 0 Å². The molecule has 0 spiro atoms. The maximum Gasteiger partial charge on any atom is 0.272 e. The van der Waals surface area contributed by atoms with Crippen molar-refractivity contribution in [3.63, 3.8) is 0 Å². The molecule has 0 unspecified atom stereocenters. The normalized spacial score (nSPS) is 10.1. The fourth-order valence-corrected chi connectivity index (χ4v) is 2.54. The second kappa shape index (κ2) is 7.67. The lowest BCUT2D eigenvalue weighted by atomic mass is 10.2. The Bertz CT molecular complexity index is 898. The van der Waals surface area contributed by atoms with E-state index in [1.165, 1.54) is 12.4 Å². The Kier molecular flexibility index (Phi) is 5.15. The van der Waals surface area contributed by atoms with Crippen molar-refractivity contribution in [2.75, 3.05) is 0 Å². The first-order chi connectivity index (χ1) is 12.1. The summed E-state index contributed by atoms with van der Waals surface area (Å²) in [5.41, 5.74) is 6.22. The number of amides is 2. The summed E-state index contributed by atoms with van der Waals surface area (Å²) in [7, 11) is 0. The number of nitrogens with one attached hydrogen (secondary N) is 2. The van der Waals surface area contributed by atoms with Crippen LogP contribution in [-0.2, 0) is 0 Å². The van der Waals surface area contributed by atoms with Crippen LogP contribution in [0.4, 0.5) is 0 Å². The fraction of sp³-hybridized carbons (Fsp3) is 0. The van der Waals surface area contributed by atoms with Gasteiger partial charge in [0, 0.05) is 22.4 Å². The second-order valence-corrected chi connectivity index (χ2v) is 5.90. The number of nitrogens with zero attached hydrogens (tertiary/aromatic N) is 2. The van der Waals surface area contributed by atoms with E-state index in [1.807, 2.05) is 30.3 Å². The van der Waals surface area contributed by atoms with E-state index in [0.717, 1.165) is 5.56 Å². The summed E-state index contributed by atoms with van der Waals surface area (Å²) in [6.07, 6.45) is 2.82. The molecule has 2 N–H and O–H groups in total. The van der Waals surface area contributed by atoms with E-state index >= 15 is 0 Å². The number of halogens is 1. The highest BCUT2D eigenvalue weighted by molar-refractivity contribution is 9.10. The van der Waals surface area contributed by atoms with Gasteiger partial charge in [-0.25, -0.2) is 9.97 Å². The maximum absolute atomic E-state index is 12.1. The number of benzene rings is 2. The number of rotatable bonds is 3. The van der Waals surface area contributed by atoms with Crippen LogP contribution in [0.5, 0.6) is 0 Å². The molecule has 7 heteroatoms. The molecule has 0 saturated heterocycles. The third-order valence-electron chi connectivity index (χ3n) is 3.35. The highest BCUT2D eigenvalue weighted by atomic mass is 79.9. The van der Waals surface area contributed by atoms with Crippen molar-refractivity contribution in [3.05, 3.63) is 82.6 Å². The highest BCUT2D eigenvalue weighted by Gasteiger charge is 2.12.